The van der Waals surface area contributed by atoms with Crippen molar-refractivity contribution in [3.8, 4) is 12.1 Å². The summed E-state index contributed by atoms with van der Waals surface area (Å²) in [5.41, 5.74) is 0.512. The highest BCUT2D eigenvalue weighted by Crippen LogP contribution is 2.33. The second kappa shape index (κ2) is 6.51. The first kappa shape index (κ1) is 15.6. The predicted molar refractivity (Wildman–Crippen MR) is 88.6 cm³/mol. The van der Waals surface area contributed by atoms with Gasteiger partial charge >= 0.3 is 0 Å². The van der Waals surface area contributed by atoms with E-state index in [1.54, 1.807) is 40.6 Å². The molecule has 1 amide bonds. The van der Waals surface area contributed by atoms with Crippen molar-refractivity contribution in [3.05, 3.63) is 36.7 Å². The van der Waals surface area contributed by atoms with E-state index in [0.29, 0.717) is 30.6 Å². The number of carbonyl (C=O) groups is 1. The molecule has 2 aliphatic rings. The molecule has 8 nitrogen and oxygen atoms in total. The van der Waals surface area contributed by atoms with Crippen LogP contribution in [-0.4, -0.2) is 60.4 Å². The van der Waals surface area contributed by atoms with Crippen LogP contribution in [0, 0.1) is 11.5 Å². The van der Waals surface area contributed by atoms with Crippen molar-refractivity contribution in [2.24, 2.45) is 0 Å². The molecule has 0 radical (unpaired) electrons. The van der Waals surface area contributed by atoms with Gasteiger partial charge < -0.3 is 9.80 Å². The number of hydrogen-bond acceptors (Lipinski definition) is 6. The van der Waals surface area contributed by atoms with Crippen molar-refractivity contribution in [2.75, 3.05) is 13.1 Å². The van der Waals surface area contributed by atoms with Gasteiger partial charge in [0.2, 0.25) is 5.95 Å². The first-order valence-corrected chi connectivity index (χ1v) is 8.54. The lowest BCUT2D eigenvalue weighted by Crippen LogP contribution is -2.47. The third kappa shape index (κ3) is 3.18. The molecule has 0 spiro atoms. The molecule has 0 unspecified atom stereocenters. The zero-order valence-corrected chi connectivity index (χ0v) is 13.8. The molecule has 1 aliphatic heterocycles. The van der Waals surface area contributed by atoms with Gasteiger partial charge in [0.15, 0.2) is 6.19 Å². The minimum atomic E-state index is -0.00455. The zero-order chi connectivity index (χ0) is 17.2. The number of nitriles is 1. The van der Waals surface area contributed by atoms with E-state index in [4.69, 9.17) is 5.26 Å². The van der Waals surface area contributed by atoms with E-state index in [1.165, 1.54) is 0 Å². The molecule has 25 heavy (non-hydrogen) atoms. The van der Waals surface area contributed by atoms with Gasteiger partial charge in [0, 0.05) is 50.0 Å². The average Bonchev–Trinajstić information content (AvgIpc) is 3.34. The highest BCUT2D eigenvalue weighted by molar-refractivity contribution is 5.94. The monoisotopic (exact) mass is 337 g/mol. The average molecular weight is 337 g/mol. The van der Waals surface area contributed by atoms with Crippen LogP contribution in [0.25, 0.3) is 5.95 Å². The fourth-order valence-electron chi connectivity index (χ4n) is 3.32. The SMILES string of the molecule is N#CN1CCC(N(C(=O)c2cnc(-n3ccnc3)nc2)C2CC2)CC1. The maximum absolute atomic E-state index is 13.0. The molecule has 1 saturated carbocycles. The van der Waals surface area contributed by atoms with Gasteiger partial charge in [-0.3, -0.25) is 9.36 Å². The van der Waals surface area contributed by atoms with E-state index in [1.807, 2.05) is 4.90 Å². The zero-order valence-electron chi connectivity index (χ0n) is 13.8. The molecule has 128 valence electrons. The second-order valence-corrected chi connectivity index (χ2v) is 6.50. The summed E-state index contributed by atoms with van der Waals surface area (Å²) in [7, 11) is 0. The first-order chi connectivity index (χ1) is 12.3. The molecule has 0 N–H and O–H groups in total. The van der Waals surface area contributed by atoms with Gasteiger partial charge in [0.05, 0.1) is 5.56 Å². The Labute approximate surface area is 145 Å². The van der Waals surface area contributed by atoms with Gasteiger partial charge in [0.25, 0.3) is 5.91 Å². The van der Waals surface area contributed by atoms with Crippen molar-refractivity contribution >= 4 is 5.91 Å². The summed E-state index contributed by atoms with van der Waals surface area (Å²) in [6, 6.07) is 0.511. The van der Waals surface area contributed by atoms with Crippen molar-refractivity contribution in [1.29, 1.82) is 5.26 Å². The Balaban J connectivity index is 1.50. The summed E-state index contributed by atoms with van der Waals surface area (Å²) in [5, 5.41) is 9.00. The molecule has 0 bridgehead atoms. The topological polar surface area (TPSA) is 90.9 Å². The number of likely N-dealkylation sites (tertiary alicyclic amines) is 1. The van der Waals surface area contributed by atoms with Crippen LogP contribution in [0.5, 0.6) is 0 Å². The number of amides is 1. The van der Waals surface area contributed by atoms with E-state index in [-0.39, 0.29) is 11.9 Å². The van der Waals surface area contributed by atoms with Crippen LogP contribution < -0.4 is 0 Å². The van der Waals surface area contributed by atoms with Crippen molar-refractivity contribution in [3.63, 3.8) is 0 Å². The Morgan fingerprint density at radius 3 is 2.40 bits per heavy atom. The Kier molecular flexibility index (Phi) is 4.06. The summed E-state index contributed by atoms with van der Waals surface area (Å²) < 4.78 is 1.70. The number of imidazole rings is 1. The van der Waals surface area contributed by atoms with Gasteiger partial charge in [-0.15, -0.1) is 0 Å². The lowest BCUT2D eigenvalue weighted by atomic mass is 10.0. The maximum Gasteiger partial charge on any atom is 0.257 e. The van der Waals surface area contributed by atoms with E-state index in [2.05, 4.69) is 21.1 Å². The van der Waals surface area contributed by atoms with Gasteiger partial charge in [-0.1, -0.05) is 0 Å². The largest absolute Gasteiger partial charge is 0.332 e. The van der Waals surface area contributed by atoms with Crippen LogP contribution in [0.2, 0.25) is 0 Å². The molecule has 0 atom stereocenters. The molecular formula is C17H19N7O. The van der Waals surface area contributed by atoms with E-state index >= 15 is 0 Å². The van der Waals surface area contributed by atoms with Gasteiger partial charge in [-0.05, 0) is 25.7 Å². The summed E-state index contributed by atoms with van der Waals surface area (Å²) in [4.78, 5) is 29.3. The number of hydrogen-bond donors (Lipinski definition) is 0. The fourth-order valence-corrected chi connectivity index (χ4v) is 3.32. The van der Waals surface area contributed by atoms with Crippen molar-refractivity contribution in [1.82, 2.24) is 29.3 Å². The van der Waals surface area contributed by atoms with Gasteiger partial charge in [-0.2, -0.15) is 5.26 Å². The standard InChI is InChI=1S/C17H19N7O/c18-11-22-6-3-15(4-7-22)24(14-1-2-14)16(25)13-9-20-17(21-10-13)23-8-5-19-12-23/h5,8-10,12,14-15H,1-4,6-7H2. The summed E-state index contributed by atoms with van der Waals surface area (Å²) >= 11 is 0. The van der Waals surface area contributed by atoms with Crippen LogP contribution >= 0.6 is 0 Å². The van der Waals surface area contributed by atoms with Crippen molar-refractivity contribution < 1.29 is 4.79 Å². The Morgan fingerprint density at radius 2 is 1.84 bits per heavy atom. The molecule has 4 rings (SSSR count). The minimum absolute atomic E-state index is 0.00455. The third-order valence-electron chi connectivity index (χ3n) is 4.79. The van der Waals surface area contributed by atoms with Crippen molar-refractivity contribution in [2.45, 2.75) is 37.8 Å². The molecule has 1 saturated heterocycles. The van der Waals surface area contributed by atoms with E-state index < -0.39 is 0 Å². The Morgan fingerprint density at radius 1 is 1.16 bits per heavy atom. The Bertz CT molecular complexity index is 768. The summed E-state index contributed by atoms with van der Waals surface area (Å²) in [6.07, 6.45) is 14.2. The number of nitrogens with zero attached hydrogens (tertiary/aromatic N) is 7. The number of aromatic nitrogens is 4. The lowest BCUT2D eigenvalue weighted by molar-refractivity contribution is 0.0584. The van der Waals surface area contributed by atoms with Crippen LogP contribution in [-0.2, 0) is 0 Å². The molecule has 1 aliphatic carbocycles. The molecular weight excluding hydrogens is 318 g/mol. The smallest absolute Gasteiger partial charge is 0.257 e. The minimum Gasteiger partial charge on any atom is -0.332 e. The van der Waals surface area contributed by atoms with Gasteiger partial charge in [-0.25, -0.2) is 15.0 Å². The van der Waals surface area contributed by atoms with Crippen LogP contribution in [0.3, 0.4) is 0 Å². The number of rotatable bonds is 4. The quantitative estimate of drug-likeness (QED) is 0.779. The molecule has 2 aromatic rings. The predicted octanol–water partition coefficient (Wildman–Crippen LogP) is 1.21. The van der Waals surface area contributed by atoms with Gasteiger partial charge in [0.1, 0.15) is 6.33 Å². The first-order valence-electron chi connectivity index (χ1n) is 8.54. The fraction of sp³-hybridized carbons (Fsp3) is 0.471. The molecule has 0 aromatic carbocycles. The third-order valence-corrected chi connectivity index (χ3v) is 4.79. The Hall–Kier alpha value is -2.95. The normalized spacial score (nSPS) is 18.0. The lowest BCUT2D eigenvalue weighted by Gasteiger charge is -2.37. The van der Waals surface area contributed by atoms with E-state index in [9.17, 15) is 4.79 Å². The molecule has 8 heteroatoms. The van der Waals surface area contributed by atoms with Crippen LogP contribution in [0.15, 0.2) is 31.1 Å². The summed E-state index contributed by atoms with van der Waals surface area (Å²) in [5.74, 6) is 0.490. The van der Waals surface area contributed by atoms with Crippen LogP contribution in [0.4, 0.5) is 0 Å². The number of carbonyl (C=O) groups excluding carboxylic acids is 1. The molecule has 2 aromatic heterocycles. The molecule has 2 fully saturated rings. The highest BCUT2D eigenvalue weighted by atomic mass is 16.2. The molecule has 3 heterocycles. The highest BCUT2D eigenvalue weighted by Gasteiger charge is 2.39. The maximum atomic E-state index is 13.0. The number of piperidine rings is 1. The second-order valence-electron chi connectivity index (χ2n) is 6.50. The summed E-state index contributed by atoms with van der Waals surface area (Å²) in [6.45, 7) is 1.43. The van der Waals surface area contributed by atoms with E-state index in [0.717, 1.165) is 25.7 Å². The van der Waals surface area contributed by atoms with Crippen LogP contribution in [0.1, 0.15) is 36.0 Å².